The number of carboxylic acid groups (broad SMARTS) is 1. The minimum absolute atomic E-state index is 0.0309. The first-order chi connectivity index (χ1) is 6.02. The van der Waals surface area contributed by atoms with E-state index in [9.17, 15) is 9.59 Å². The second kappa shape index (κ2) is 3.36. The van der Waals surface area contributed by atoms with Gasteiger partial charge in [-0.3, -0.25) is 9.59 Å². The van der Waals surface area contributed by atoms with Gasteiger partial charge >= 0.3 is 5.97 Å². The van der Waals surface area contributed by atoms with E-state index in [4.69, 9.17) is 5.11 Å². The lowest BCUT2D eigenvalue weighted by molar-refractivity contribution is -0.148. The molecule has 0 radical (unpaired) electrons. The van der Waals surface area contributed by atoms with Crippen LogP contribution < -0.4 is 0 Å². The third kappa shape index (κ3) is 1.66. The first-order valence-corrected chi connectivity index (χ1v) is 4.51. The van der Waals surface area contributed by atoms with Crippen LogP contribution in [0.5, 0.6) is 0 Å². The Labute approximate surface area is 77.5 Å². The van der Waals surface area contributed by atoms with E-state index in [0.717, 1.165) is 0 Å². The van der Waals surface area contributed by atoms with Crippen molar-refractivity contribution in [2.75, 3.05) is 13.1 Å². The fourth-order valence-electron chi connectivity index (χ4n) is 1.76. The van der Waals surface area contributed by atoms with Crippen LogP contribution in [0.15, 0.2) is 0 Å². The molecule has 0 aromatic rings. The van der Waals surface area contributed by atoms with Crippen LogP contribution in [0.1, 0.15) is 26.7 Å². The number of carbonyl (C=O) groups excluding carboxylic acids is 1. The number of carbonyl (C=O) groups is 2. The summed E-state index contributed by atoms with van der Waals surface area (Å²) in [6, 6.07) is 0. The summed E-state index contributed by atoms with van der Waals surface area (Å²) in [6.07, 6.45) is 1.17. The Hall–Kier alpha value is -1.06. The summed E-state index contributed by atoms with van der Waals surface area (Å²) in [5.41, 5.74) is -0.689. The maximum absolute atomic E-state index is 11.0. The van der Waals surface area contributed by atoms with E-state index in [1.54, 1.807) is 4.90 Å². The molecule has 1 aliphatic heterocycles. The summed E-state index contributed by atoms with van der Waals surface area (Å²) >= 11 is 0. The summed E-state index contributed by atoms with van der Waals surface area (Å²) in [5, 5.41) is 9.03. The van der Waals surface area contributed by atoms with E-state index >= 15 is 0 Å². The molecule has 0 spiro atoms. The minimum atomic E-state index is -0.779. The Morgan fingerprint density at radius 1 is 1.54 bits per heavy atom. The Bertz CT molecular complexity index is 239. The van der Waals surface area contributed by atoms with E-state index in [1.807, 2.05) is 6.92 Å². The zero-order valence-electron chi connectivity index (χ0n) is 8.04. The zero-order chi connectivity index (χ0) is 10.1. The maximum Gasteiger partial charge on any atom is 0.311 e. The lowest BCUT2D eigenvalue weighted by atomic mass is 9.84. The molecule has 0 aromatic carbocycles. The smallest absolute Gasteiger partial charge is 0.311 e. The third-order valence-corrected chi connectivity index (χ3v) is 2.93. The van der Waals surface area contributed by atoms with Gasteiger partial charge in [0.1, 0.15) is 0 Å². The lowest BCUT2D eigenvalue weighted by Gasteiger charge is -2.22. The molecule has 1 fully saturated rings. The number of rotatable bonds is 2. The molecule has 0 aliphatic carbocycles. The third-order valence-electron chi connectivity index (χ3n) is 2.93. The van der Waals surface area contributed by atoms with Crippen molar-refractivity contribution in [3.05, 3.63) is 0 Å². The quantitative estimate of drug-likeness (QED) is 0.689. The zero-order valence-corrected chi connectivity index (χ0v) is 8.04. The molecule has 1 rings (SSSR count). The van der Waals surface area contributed by atoms with Crippen molar-refractivity contribution in [2.45, 2.75) is 26.7 Å². The molecule has 1 atom stereocenters. The molecule has 1 saturated heterocycles. The fraction of sp³-hybridized carbons (Fsp3) is 0.778. The van der Waals surface area contributed by atoms with Crippen molar-refractivity contribution in [2.24, 2.45) is 5.41 Å². The van der Waals surface area contributed by atoms with Crippen molar-refractivity contribution in [3.8, 4) is 0 Å². The van der Waals surface area contributed by atoms with E-state index in [1.165, 1.54) is 6.92 Å². The number of likely N-dealkylation sites (tertiary alicyclic amines) is 1. The highest BCUT2D eigenvalue weighted by Gasteiger charge is 2.43. The van der Waals surface area contributed by atoms with Gasteiger partial charge in [0.25, 0.3) is 0 Å². The van der Waals surface area contributed by atoms with Crippen molar-refractivity contribution >= 4 is 11.9 Å². The number of aliphatic carboxylic acids is 1. The predicted octanol–water partition coefficient (Wildman–Crippen LogP) is 0.720. The van der Waals surface area contributed by atoms with Gasteiger partial charge in [0.2, 0.25) is 5.91 Å². The number of hydrogen-bond acceptors (Lipinski definition) is 2. The first kappa shape index (κ1) is 10.0. The summed E-state index contributed by atoms with van der Waals surface area (Å²) < 4.78 is 0. The molecule has 1 N–H and O–H groups in total. The van der Waals surface area contributed by atoms with Gasteiger partial charge in [-0.1, -0.05) is 6.92 Å². The molecule has 74 valence electrons. The van der Waals surface area contributed by atoms with Gasteiger partial charge < -0.3 is 10.0 Å². The fourth-order valence-corrected chi connectivity index (χ4v) is 1.76. The maximum atomic E-state index is 11.0. The minimum Gasteiger partial charge on any atom is -0.481 e. The highest BCUT2D eigenvalue weighted by Crippen LogP contribution is 2.33. The van der Waals surface area contributed by atoms with Gasteiger partial charge in [0, 0.05) is 20.0 Å². The number of nitrogens with zero attached hydrogens (tertiary/aromatic N) is 1. The lowest BCUT2D eigenvalue weighted by Crippen LogP contribution is -2.35. The van der Waals surface area contributed by atoms with Crippen molar-refractivity contribution in [3.63, 3.8) is 0 Å². The highest BCUT2D eigenvalue weighted by molar-refractivity contribution is 5.79. The van der Waals surface area contributed by atoms with E-state index in [0.29, 0.717) is 25.9 Å². The van der Waals surface area contributed by atoms with Crippen molar-refractivity contribution < 1.29 is 14.7 Å². The Morgan fingerprint density at radius 2 is 2.15 bits per heavy atom. The van der Waals surface area contributed by atoms with Crippen LogP contribution in [-0.2, 0) is 9.59 Å². The molecule has 1 heterocycles. The Morgan fingerprint density at radius 3 is 2.38 bits per heavy atom. The normalized spacial score (nSPS) is 27.7. The molecule has 1 aliphatic rings. The molecule has 13 heavy (non-hydrogen) atoms. The van der Waals surface area contributed by atoms with E-state index < -0.39 is 11.4 Å². The number of hydrogen-bond donors (Lipinski definition) is 1. The molecule has 4 heteroatoms. The molecule has 0 bridgehead atoms. The second-order valence-corrected chi connectivity index (χ2v) is 3.63. The van der Waals surface area contributed by atoms with Gasteiger partial charge in [0.05, 0.1) is 5.41 Å². The molecule has 1 unspecified atom stereocenters. The van der Waals surface area contributed by atoms with Gasteiger partial charge in [-0.15, -0.1) is 0 Å². The summed E-state index contributed by atoms with van der Waals surface area (Å²) in [6.45, 7) is 4.29. The van der Waals surface area contributed by atoms with Crippen LogP contribution in [0.3, 0.4) is 0 Å². The second-order valence-electron chi connectivity index (χ2n) is 3.63. The Kier molecular flexibility index (Phi) is 2.59. The average molecular weight is 185 g/mol. The van der Waals surface area contributed by atoms with Crippen LogP contribution in [-0.4, -0.2) is 35.0 Å². The standard InChI is InChI=1S/C9H15NO3/c1-3-9(8(12)13)4-5-10(6-9)7(2)11/h3-6H2,1-2H3,(H,12,13). The van der Waals surface area contributed by atoms with Gasteiger partial charge in [-0.05, 0) is 12.8 Å². The van der Waals surface area contributed by atoms with Gasteiger partial charge in [-0.2, -0.15) is 0 Å². The molecule has 1 amide bonds. The molecule has 0 aromatic heterocycles. The van der Waals surface area contributed by atoms with Crippen LogP contribution in [0, 0.1) is 5.41 Å². The summed E-state index contributed by atoms with van der Waals surface area (Å²) in [5.74, 6) is -0.810. The Balaban J connectivity index is 2.74. The largest absolute Gasteiger partial charge is 0.481 e. The molecule has 4 nitrogen and oxygen atoms in total. The predicted molar refractivity (Wildman–Crippen MR) is 47.2 cm³/mol. The SMILES string of the molecule is CCC1(C(=O)O)CCN(C(C)=O)C1. The van der Waals surface area contributed by atoms with Crippen LogP contribution >= 0.6 is 0 Å². The van der Waals surface area contributed by atoms with Crippen LogP contribution in [0.2, 0.25) is 0 Å². The molecular weight excluding hydrogens is 170 g/mol. The van der Waals surface area contributed by atoms with Crippen molar-refractivity contribution in [1.29, 1.82) is 0 Å². The topological polar surface area (TPSA) is 57.6 Å². The van der Waals surface area contributed by atoms with Gasteiger partial charge in [-0.25, -0.2) is 0 Å². The van der Waals surface area contributed by atoms with Crippen LogP contribution in [0.25, 0.3) is 0 Å². The average Bonchev–Trinajstić information content (AvgIpc) is 2.49. The highest BCUT2D eigenvalue weighted by atomic mass is 16.4. The van der Waals surface area contributed by atoms with Crippen molar-refractivity contribution in [1.82, 2.24) is 4.90 Å². The summed E-state index contributed by atoms with van der Waals surface area (Å²) in [4.78, 5) is 23.6. The van der Waals surface area contributed by atoms with E-state index in [-0.39, 0.29) is 5.91 Å². The molecule has 0 saturated carbocycles. The first-order valence-electron chi connectivity index (χ1n) is 4.51. The number of carboxylic acids is 1. The monoisotopic (exact) mass is 185 g/mol. The number of amides is 1. The van der Waals surface area contributed by atoms with Crippen LogP contribution in [0.4, 0.5) is 0 Å². The molecular formula is C9H15NO3. The van der Waals surface area contributed by atoms with E-state index in [2.05, 4.69) is 0 Å². The van der Waals surface area contributed by atoms with Gasteiger partial charge in [0.15, 0.2) is 0 Å². The summed E-state index contributed by atoms with van der Waals surface area (Å²) in [7, 11) is 0.